The van der Waals surface area contributed by atoms with Gasteiger partial charge in [0.2, 0.25) is 0 Å². The van der Waals surface area contributed by atoms with Crippen LogP contribution in [0.4, 0.5) is 5.69 Å². The largest absolute Gasteiger partial charge is 0.344 e. The molecule has 134 valence electrons. The van der Waals surface area contributed by atoms with Crippen LogP contribution in [0.2, 0.25) is 0 Å². The molecule has 1 aromatic heterocycles. The number of rotatable bonds is 4. The molecule has 25 heavy (non-hydrogen) atoms. The number of hydrogen-bond acceptors (Lipinski definition) is 3. The van der Waals surface area contributed by atoms with Crippen molar-refractivity contribution in [3.05, 3.63) is 40.6 Å². The van der Waals surface area contributed by atoms with E-state index in [2.05, 4.69) is 21.7 Å². The van der Waals surface area contributed by atoms with Gasteiger partial charge in [0.25, 0.3) is 5.69 Å². The fourth-order valence-corrected chi connectivity index (χ4v) is 4.68. The van der Waals surface area contributed by atoms with Crippen LogP contribution >= 0.6 is 0 Å². The zero-order valence-corrected chi connectivity index (χ0v) is 14.8. The highest BCUT2D eigenvalue weighted by Crippen LogP contribution is 2.31. The Hall–Kier alpha value is -1.88. The Morgan fingerprint density at radius 2 is 1.80 bits per heavy atom. The van der Waals surface area contributed by atoms with Gasteiger partial charge in [0.1, 0.15) is 0 Å². The Bertz CT molecular complexity index is 740. The monoisotopic (exact) mass is 341 g/mol. The van der Waals surface area contributed by atoms with E-state index in [-0.39, 0.29) is 10.6 Å². The fourth-order valence-electron chi connectivity index (χ4n) is 4.68. The second-order valence-electron chi connectivity index (χ2n) is 7.76. The topological polar surface area (TPSA) is 51.3 Å². The Labute approximate surface area is 148 Å². The molecule has 0 N–H and O–H groups in total. The van der Waals surface area contributed by atoms with E-state index in [1.165, 1.54) is 38.6 Å². The maximum atomic E-state index is 11.1. The normalized spacial score (nSPS) is 21.0. The number of fused-ring (bicyclic) bond motifs is 1. The van der Waals surface area contributed by atoms with Crippen LogP contribution in [0.3, 0.4) is 0 Å². The van der Waals surface area contributed by atoms with Crippen molar-refractivity contribution in [2.24, 2.45) is 5.92 Å². The van der Waals surface area contributed by atoms with E-state index in [0.717, 1.165) is 42.8 Å². The number of piperidine rings is 1. The number of hydrogen-bond donors (Lipinski definition) is 0. The van der Waals surface area contributed by atoms with Crippen LogP contribution < -0.4 is 0 Å². The summed E-state index contributed by atoms with van der Waals surface area (Å²) in [7, 11) is 0. The average Bonchev–Trinajstić information content (AvgIpc) is 3.06. The second kappa shape index (κ2) is 7.16. The van der Waals surface area contributed by atoms with Crippen molar-refractivity contribution in [1.82, 2.24) is 9.47 Å². The number of benzene rings is 1. The molecule has 2 fully saturated rings. The van der Waals surface area contributed by atoms with E-state index < -0.39 is 0 Å². The van der Waals surface area contributed by atoms with E-state index in [1.54, 1.807) is 12.1 Å². The van der Waals surface area contributed by atoms with Crippen LogP contribution in [0, 0.1) is 16.0 Å². The first-order valence-corrected chi connectivity index (χ1v) is 9.68. The summed E-state index contributed by atoms with van der Waals surface area (Å²) in [5.74, 6) is 0.903. The summed E-state index contributed by atoms with van der Waals surface area (Å²) in [4.78, 5) is 13.4. The summed E-state index contributed by atoms with van der Waals surface area (Å²) in [6.45, 7) is 3.57. The molecule has 2 aliphatic rings. The van der Waals surface area contributed by atoms with Crippen molar-refractivity contribution >= 4 is 16.6 Å². The molecule has 0 spiro atoms. The predicted molar refractivity (Wildman–Crippen MR) is 99.9 cm³/mol. The lowest BCUT2D eigenvalue weighted by atomic mass is 9.88. The van der Waals surface area contributed by atoms with Crippen LogP contribution in [0.5, 0.6) is 0 Å². The molecule has 1 saturated carbocycles. The van der Waals surface area contributed by atoms with Crippen LogP contribution in [0.25, 0.3) is 10.9 Å². The highest BCUT2D eigenvalue weighted by atomic mass is 16.6. The van der Waals surface area contributed by atoms with Gasteiger partial charge in [-0.05, 0) is 43.7 Å². The molecule has 5 nitrogen and oxygen atoms in total. The second-order valence-corrected chi connectivity index (χ2v) is 7.76. The molecule has 1 saturated heterocycles. The summed E-state index contributed by atoms with van der Waals surface area (Å²) >= 11 is 0. The van der Waals surface area contributed by atoms with E-state index in [4.69, 9.17) is 0 Å². The zero-order chi connectivity index (χ0) is 17.2. The first-order valence-electron chi connectivity index (χ1n) is 9.68. The van der Waals surface area contributed by atoms with Gasteiger partial charge in [-0.3, -0.25) is 10.1 Å². The van der Waals surface area contributed by atoms with Gasteiger partial charge in [-0.15, -0.1) is 0 Å². The lowest BCUT2D eigenvalue weighted by molar-refractivity contribution is -0.384. The summed E-state index contributed by atoms with van der Waals surface area (Å²) in [5.41, 5.74) is 1.18. The zero-order valence-electron chi connectivity index (χ0n) is 14.8. The minimum absolute atomic E-state index is 0.183. The van der Waals surface area contributed by atoms with Gasteiger partial charge in [0.05, 0.1) is 10.4 Å². The minimum Gasteiger partial charge on any atom is -0.344 e. The molecule has 0 radical (unpaired) electrons. The third-order valence-corrected chi connectivity index (χ3v) is 6.11. The molecular formula is C20H27N3O2. The van der Waals surface area contributed by atoms with Gasteiger partial charge in [-0.2, -0.15) is 0 Å². The van der Waals surface area contributed by atoms with E-state index in [9.17, 15) is 10.1 Å². The molecule has 1 aliphatic heterocycles. The molecule has 0 bridgehead atoms. The molecule has 1 aromatic carbocycles. The fraction of sp³-hybridized carbons (Fsp3) is 0.600. The molecule has 5 heteroatoms. The van der Waals surface area contributed by atoms with Crippen molar-refractivity contribution in [2.45, 2.75) is 51.0 Å². The lowest BCUT2D eigenvalue weighted by Crippen LogP contribution is -2.38. The Morgan fingerprint density at radius 3 is 2.52 bits per heavy atom. The van der Waals surface area contributed by atoms with Crippen molar-refractivity contribution in [1.29, 1.82) is 0 Å². The first-order chi connectivity index (χ1) is 12.2. The third-order valence-electron chi connectivity index (χ3n) is 6.11. The van der Waals surface area contributed by atoms with Gasteiger partial charge in [-0.25, -0.2) is 0 Å². The van der Waals surface area contributed by atoms with Crippen molar-refractivity contribution in [2.75, 3.05) is 19.6 Å². The molecule has 0 amide bonds. The Kier molecular flexibility index (Phi) is 4.75. The average molecular weight is 341 g/mol. The number of likely N-dealkylation sites (tertiary alicyclic amines) is 1. The smallest absolute Gasteiger partial charge is 0.271 e. The van der Waals surface area contributed by atoms with Crippen molar-refractivity contribution in [3.63, 3.8) is 0 Å². The minimum atomic E-state index is -0.302. The van der Waals surface area contributed by atoms with Gasteiger partial charge in [0.15, 0.2) is 0 Å². The van der Waals surface area contributed by atoms with E-state index in [0.29, 0.717) is 6.04 Å². The molecule has 1 aliphatic carbocycles. The Balaban J connectivity index is 1.42. The SMILES string of the molecule is O=[N+]([O-])c1ccc2ccn(C3CCN(CC4CCCCC4)CC3)c2c1. The van der Waals surface area contributed by atoms with Crippen LogP contribution in [-0.4, -0.2) is 34.0 Å². The molecule has 4 rings (SSSR count). The van der Waals surface area contributed by atoms with E-state index in [1.807, 2.05) is 6.07 Å². The van der Waals surface area contributed by atoms with Gasteiger partial charge >= 0.3 is 0 Å². The van der Waals surface area contributed by atoms with Crippen LogP contribution in [-0.2, 0) is 0 Å². The third kappa shape index (κ3) is 3.56. The van der Waals surface area contributed by atoms with Crippen molar-refractivity contribution in [3.8, 4) is 0 Å². The van der Waals surface area contributed by atoms with Gasteiger partial charge < -0.3 is 9.47 Å². The quantitative estimate of drug-likeness (QED) is 0.595. The van der Waals surface area contributed by atoms with Gasteiger partial charge in [0, 0.05) is 49.4 Å². The molecule has 0 unspecified atom stereocenters. The summed E-state index contributed by atoms with van der Waals surface area (Å²) in [6, 6.07) is 7.72. The highest BCUT2D eigenvalue weighted by molar-refractivity contribution is 5.82. The molecule has 2 heterocycles. The summed E-state index contributed by atoms with van der Waals surface area (Å²) in [5, 5.41) is 12.2. The molecular weight excluding hydrogens is 314 g/mol. The van der Waals surface area contributed by atoms with Crippen molar-refractivity contribution < 1.29 is 4.92 Å². The van der Waals surface area contributed by atoms with Crippen LogP contribution in [0.1, 0.15) is 51.0 Å². The van der Waals surface area contributed by atoms with Gasteiger partial charge in [-0.1, -0.05) is 19.3 Å². The summed E-state index contributed by atoms with van der Waals surface area (Å²) in [6.07, 6.45) is 11.4. The molecule has 2 aromatic rings. The maximum Gasteiger partial charge on any atom is 0.271 e. The first kappa shape index (κ1) is 16.6. The maximum absolute atomic E-state index is 11.1. The number of non-ortho nitro benzene ring substituents is 1. The number of nitrogens with zero attached hydrogens (tertiary/aromatic N) is 3. The number of nitro benzene ring substituents is 1. The van der Waals surface area contributed by atoms with Crippen LogP contribution in [0.15, 0.2) is 30.5 Å². The summed E-state index contributed by atoms with van der Waals surface area (Å²) < 4.78 is 2.26. The van der Waals surface area contributed by atoms with E-state index >= 15 is 0 Å². The predicted octanol–water partition coefficient (Wildman–Crippen LogP) is 4.77. The Morgan fingerprint density at radius 1 is 1.04 bits per heavy atom. The number of aromatic nitrogens is 1. The number of nitro groups is 1. The molecule has 0 atom stereocenters. The standard InChI is InChI=1S/C20H27N3O2/c24-23(25)19-7-6-17-8-13-22(20(17)14-19)18-9-11-21(12-10-18)15-16-4-2-1-3-5-16/h6-8,13-14,16,18H,1-5,9-12,15H2. The lowest BCUT2D eigenvalue weighted by Gasteiger charge is -2.36. The highest BCUT2D eigenvalue weighted by Gasteiger charge is 2.24.